The Morgan fingerprint density at radius 1 is 1.00 bits per heavy atom. The van der Waals surface area contributed by atoms with E-state index in [4.69, 9.17) is 4.52 Å². The molecule has 134 valence electrons. The van der Waals surface area contributed by atoms with Gasteiger partial charge in [0.2, 0.25) is 5.89 Å². The lowest BCUT2D eigenvalue weighted by atomic mass is 9.95. The predicted molar refractivity (Wildman–Crippen MR) is 93.9 cm³/mol. The summed E-state index contributed by atoms with van der Waals surface area (Å²) in [6.45, 7) is 8.51. The lowest BCUT2D eigenvalue weighted by Crippen LogP contribution is -2.40. The number of hydrogen-bond acceptors (Lipinski definition) is 5. The molecule has 1 aliphatic carbocycles. The van der Waals surface area contributed by atoms with Gasteiger partial charge in [0.15, 0.2) is 5.82 Å². The summed E-state index contributed by atoms with van der Waals surface area (Å²) in [4.78, 5) is 9.89. The van der Waals surface area contributed by atoms with E-state index in [1.807, 2.05) is 0 Å². The summed E-state index contributed by atoms with van der Waals surface area (Å²) in [7, 11) is 0. The Labute approximate surface area is 145 Å². The maximum Gasteiger partial charge on any atom is 0.243 e. The van der Waals surface area contributed by atoms with Crippen molar-refractivity contribution in [2.45, 2.75) is 70.3 Å². The molecule has 0 spiro atoms. The van der Waals surface area contributed by atoms with Crippen molar-refractivity contribution in [3.63, 3.8) is 0 Å². The molecule has 0 N–H and O–H groups in total. The fourth-order valence-electron chi connectivity index (χ4n) is 4.29. The fraction of sp³-hybridized carbons (Fsp3) is 0.895. The summed E-state index contributed by atoms with van der Waals surface area (Å²) >= 11 is 0. The summed E-state index contributed by atoms with van der Waals surface area (Å²) in [5.41, 5.74) is 0. The molecule has 0 unspecified atom stereocenters. The number of nitrogens with zero attached hydrogens (tertiary/aromatic N) is 4. The second-order valence-electron chi connectivity index (χ2n) is 8.14. The van der Waals surface area contributed by atoms with Gasteiger partial charge in [-0.2, -0.15) is 4.98 Å². The summed E-state index contributed by atoms with van der Waals surface area (Å²) in [5, 5.41) is 4.18. The maximum atomic E-state index is 5.53. The van der Waals surface area contributed by atoms with Gasteiger partial charge in [-0.1, -0.05) is 18.0 Å². The third-order valence-corrected chi connectivity index (χ3v) is 6.17. The van der Waals surface area contributed by atoms with Crippen LogP contribution >= 0.6 is 0 Å². The van der Waals surface area contributed by atoms with E-state index in [-0.39, 0.29) is 6.04 Å². The molecule has 3 heterocycles. The van der Waals surface area contributed by atoms with Crippen molar-refractivity contribution >= 4 is 0 Å². The van der Waals surface area contributed by atoms with E-state index in [2.05, 4.69) is 26.9 Å². The van der Waals surface area contributed by atoms with E-state index in [0.717, 1.165) is 17.6 Å². The second kappa shape index (κ2) is 7.52. The van der Waals surface area contributed by atoms with Crippen LogP contribution in [0.25, 0.3) is 0 Å². The number of hydrogen-bond donors (Lipinski definition) is 0. The molecular weight excluding hydrogens is 300 g/mol. The van der Waals surface area contributed by atoms with Gasteiger partial charge in [-0.15, -0.1) is 0 Å². The van der Waals surface area contributed by atoms with Crippen LogP contribution in [0.3, 0.4) is 0 Å². The molecule has 5 nitrogen and oxygen atoms in total. The average molecular weight is 332 g/mol. The topological polar surface area (TPSA) is 45.4 Å². The van der Waals surface area contributed by atoms with Gasteiger partial charge in [-0.05, 0) is 77.5 Å². The van der Waals surface area contributed by atoms with Crippen molar-refractivity contribution < 1.29 is 4.52 Å². The van der Waals surface area contributed by atoms with Crippen molar-refractivity contribution in [2.75, 3.05) is 32.7 Å². The van der Waals surface area contributed by atoms with Gasteiger partial charge in [0.25, 0.3) is 0 Å². The van der Waals surface area contributed by atoms with Gasteiger partial charge in [0, 0.05) is 12.5 Å². The van der Waals surface area contributed by atoms with Gasteiger partial charge in [-0.25, -0.2) is 0 Å². The number of rotatable bonds is 5. The number of aromatic nitrogens is 2. The summed E-state index contributed by atoms with van der Waals surface area (Å²) in [6, 6.07) is 0.268. The Morgan fingerprint density at radius 2 is 1.71 bits per heavy atom. The molecule has 2 aliphatic heterocycles. The maximum absolute atomic E-state index is 5.53. The Morgan fingerprint density at radius 3 is 2.38 bits per heavy atom. The molecule has 0 bridgehead atoms. The molecule has 24 heavy (non-hydrogen) atoms. The largest absolute Gasteiger partial charge is 0.338 e. The Balaban J connectivity index is 1.25. The van der Waals surface area contributed by atoms with E-state index >= 15 is 0 Å². The molecular formula is C19H32N4O. The van der Waals surface area contributed by atoms with E-state index in [9.17, 15) is 0 Å². The predicted octanol–water partition coefficient (Wildman–Crippen LogP) is 3.60. The Bertz CT molecular complexity index is 511. The average Bonchev–Trinajstić information content (AvgIpc) is 3.39. The molecule has 1 aromatic heterocycles. The van der Waals surface area contributed by atoms with E-state index in [0.29, 0.717) is 5.92 Å². The number of likely N-dealkylation sites (tertiary alicyclic amines) is 2. The van der Waals surface area contributed by atoms with Crippen molar-refractivity contribution in [3.8, 4) is 0 Å². The van der Waals surface area contributed by atoms with Gasteiger partial charge in [0.05, 0.1) is 6.04 Å². The lowest BCUT2D eigenvalue weighted by Gasteiger charge is -2.36. The van der Waals surface area contributed by atoms with Crippen LogP contribution in [0.4, 0.5) is 0 Å². The van der Waals surface area contributed by atoms with Gasteiger partial charge in [-0.3, -0.25) is 4.90 Å². The van der Waals surface area contributed by atoms with Crippen molar-refractivity contribution in [1.82, 2.24) is 19.9 Å². The second-order valence-corrected chi connectivity index (χ2v) is 8.14. The van der Waals surface area contributed by atoms with E-state index in [1.165, 1.54) is 84.1 Å². The zero-order valence-electron chi connectivity index (χ0n) is 15.1. The minimum Gasteiger partial charge on any atom is -0.338 e. The van der Waals surface area contributed by atoms with Crippen molar-refractivity contribution in [2.24, 2.45) is 5.92 Å². The Hall–Kier alpha value is -0.940. The first kappa shape index (κ1) is 16.5. The van der Waals surface area contributed by atoms with Crippen molar-refractivity contribution in [3.05, 3.63) is 11.7 Å². The molecule has 5 heteroatoms. The van der Waals surface area contributed by atoms with Crippen LogP contribution in [0.2, 0.25) is 0 Å². The standard InChI is InChI=1S/C19H32N4O/c1-15(19-20-18(21-24-19)17-6-7-17)23-12-8-16(9-13-23)14-22-10-4-2-3-5-11-22/h15-17H,2-14H2,1H3/t15-/m0/s1. The molecule has 3 aliphatic rings. The SMILES string of the molecule is C[C@@H](c1nc(C2CC2)no1)N1CCC(CN2CCCCCC2)CC1. The van der Waals surface area contributed by atoms with Crippen LogP contribution in [0.1, 0.15) is 82.0 Å². The molecule has 0 amide bonds. The minimum atomic E-state index is 0.268. The molecule has 1 atom stereocenters. The first-order chi connectivity index (χ1) is 11.8. The highest BCUT2D eigenvalue weighted by molar-refractivity contribution is 5.04. The number of piperidine rings is 1. The smallest absolute Gasteiger partial charge is 0.243 e. The summed E-state index contributed by atoms with van der Waals surface area (Å²) < 4.78 is 5.53. The molecule has 1 saturated carbocycles. The van der Waals surface area contributed by atoms with Crippen LogP contribution in [-0.4, -0.2) is 52.7 Å². The highest BCUT2D eigenvalue weighted by atomic mass is 16.5. The third kappa shape index (κ3) is 3.99. The molecule has 0 aromatic carbocycles. The summed E-state index contributed by atoms with van der Waals surface area (Å²) in [6.07, 6.45) is 10.7. The minimum absolute atomic E-state index is 0.268. The van der Waals surface area contributed by atoms with Crippen LogP contribution in [0, 0.1) is 5.92 Å². The van der Waals surface area contributed by atoms with Crippen LogP contribution < -0.4 is 0 Å². The summed E-state index contributed by atoms with van der Waals surface area (Å²) in [5.74, 6) is 3.21. The monoisotopic (exact) mass is 332 g/mol. The van der Waals surface area contributed by atoms with Gasteiger partial charge in [0.1, 0.15) is 0 Å². The quantitative estimate of drug-likeness (QED) is 0.824. The molecule has 3 fully saturated rings. The lowest BCUT2D eigenvalue weighted by molar-refractivity contribution is 0.102. The third-order valence-electron chi connectivity index (χ3n) is 6.17. The molecule has 2 saturated heterocycles. The molecule has 4 rings (SSSR count). The Kier molecular flexibility index (Phi) is 5.18. The highest BCUT2D eigenvalue weighted by Gasteiger charge is 2.32. The van der Waals surface area contributed by atoms with Gasteiger partial charge >= 0.3 is 0 Å². The zero-order chi connectivity index (χ0) is 16.4. The zero-order valence-corrected chi connectivity index (χ0v) is 15.1. The van der Waals surface area contributed by atoms with Crippen LogP contribution in [0.5, 0.6) is 0 Å². The highest BCUT2D eigenvalue weighted by Crippen LogP contribution is 2.38. The van der Waals surface area contributed by atoms with E-state index < -0.39 is 0 Å². The van der Waals surface area contributed by atoms with Crippen LogP contribution in [0.15, 0.2) is 4.52 Å². The fourth-order valence-corrected chi connectivity index (χ4v) is 4.29. The first-order valence-corrected chi connectivity index (χ1v) is 10.1. The molecule has 1 aromatic rings. The molecule has 0 radical (unpaired) electrons. The van der Waals surface area contributed by atoms with Crippen LogP contribution in [-0.2, 0) is 0 Å². The van der Waals surface area contributed by atoms with Gasteiger partial charge < -0.3 is 9.42 Å². The normalized spacial score (nSPS) is 26.4. The van der Waals surface area contributed by atoms with Crippen molar-refractivity contribution in [1.29, 1.82) is 0 Å². The van der Waals surface area contributed by atoms with E-state index in [1.54, 1.807) is 0 Å². The first-order valence-electron chi connectivity index (χ1n) is 10.1.